The number of benzene rings is 1. The van der Waals surface area contributed by atoms with Crippen LogP contribution in [0.25, 0.3) is 27.8 Å². The van der Waals surface area contributed by atoms with E-state index in [2.05, 4.69) is 40.4 Å². The van der Waals surface area contributed by atoms with Crippen molar-refractivity contribution in [3.05, 3.63) is 49.6 Å². The zero-order valence-electron chi connectivity index (χ0n) is 18.1. The van der Waals surface area contributed by atoms with Crippen molar-refractivity contribution in [2.24, 2.45) is 0 Å². The summed E-state index contributed by atoms with van der Waals surface area (Å²) in [6.45, 7) is 5.75. The van der Waals surface area contributed by atoms with E-state index >= 15 is 0 Å². The van der Waals surface area contributed by atoms with Gasteiger partial charge in [0.2, 0.25) is 0 Å². The van der Waals surface area contributed by atoms with Gasteiger partial charge in [0.15, 0.2) is 5.82 Å². The molecule has 4 aromatic rings. The van der Waals surface area contributed by atoms with E-state index in [4.69, 9.17) is 25.4 Å². The highest BCUT2D eigenvalue weighted by molar-refractivity contribution is 5.93. The van der Waals surface area contributed by atoms with E-state index in [1.54, 1.807) is 7.11 Å². The Balaban J connectivity index is 0.000000536. The van der Waals surface area contributed by atoms with E-state index in [0.717, 1.165) is 52.2 Å². The average Bonchev–Trinajstić information content (AvgIpc) is 3.44. The van der Waals surface area contributed by atoms with Crippen LogP contribution in [0.15, 0.2) is 43.8 Å². The number of hydrogen-bond donors (Lipinski definition) is 3. The normalized spacial score (nSPS) is 13.7. The Morgan fingerprint density at radius 2 is 2.00 bits per heavy atom. The fraction of sp³-hybridized carbons (Fsp3) is 0.304. The standard InChI is InChI=1S/C20H22N6O.C2H4.CH2O2/c1-27-15-9-5-8-13-10-14(24-16(13)15)17-18-19(21)22-11-23-26(18)20(25-17)12-6-3-2-4-7-12;1-2;2-1-3/h5,8-12,24H,2-4,6-7H2,1H3,(H2,21,22,23);1-2H2;1H,(H,2,3). The summed E-state index contributed by atoms with van der Waals surface area (Å²) >= 11 is 0. The Labute approximate surface area is 185 Å². The van der Waals surface area contributed by atoms with E-state index in [1.807, 2.05) is 16.6 Å². The third-order valence-corrected chi connectivity index (χ3v) is 5.55. The van der Waals surface area contributed by atoms with Gasteiger partial charge >= 0.3 is 0 Å². The minimum absolute atomic E-state index is 0.250. The van der Waals surface area contributed by atoms with E-state index in [9.17, 15) is 0 Å². The smallest absolute Gasteiger partial charge is 0.290 e. The lowest BCUT2D eigenvalue weighted by molar-refractivity contribution is -0.122. The topological polar surface area (TPSA) is 131 Å². The molecule has 1 aliphatic rings. The number of H-pyrrole nitrogens is 1. The van der Waals surface area contributed by atoms with Gasteiger partial charge in [-0.3, -0.25) is 4.79 Å². The molecule has 1 aliphatic carbocycles. The second-order valence-corrected chi connectivity index (χ2v) is 7.27. The van der Waals surface area contributed by atoms with Crippen LogP contribution in [-0.4, -0.2) is 43.3 Å². The third-order valence-electron chi connectivity index (χ3n) is 5.55. The van der Waals surface area contributed by atoms with Crippen LogP contribution < -0.4 is 10.5 Å². The Morgan fingerprint density at radius 1 is 1.28 bits per heavy atom. The molecule has 32 heavy (non-hydrogen) atoms. The highest BCUT2D eigenvalue weighted by atomic mass is 16.5. The molecule has 0 spiro atoms. The van der Waals surface area contributed by atoms with Crippen LogP contribution in [0.1, 0.15) is 43.8 Å². The van der Waals surface area contributed by atoms with Gasteiger partial charge in [0.1, 0.15) is 29.1 Å². The number of nitrogen functional groups attached to an aromatic ring is 1. The molecule has 0 saturated heterocycles. The number of hydrogen-bond acceptors (Lipinski definition) is 6. The fourth-order valence-corrected chi connectivity index (χ4v) is 4.22. The summed E-state index contributed by atoms with van der Waals surface area (Å²) in [5, 5.41) is 12.4. The molecule has 0 unspecified atom stereocenters. The number of ether oxygens (including phenoxy) is 1. The molecular formula is C23H28N6O3. The number of rotatable bonds is 3. The summed E-state index contributed by atoms with van der Waals surface area (Å²) in [6, 6.07) is 8.06. The Hall–Kier alpha value is -3.88. The fourth-order valence-electron chi connectivity index (χ4n) is 4.22. The van der Waals surface area contributed by atoms with Crippen molar-refractivity contribution < 1.29 is 14.6 Å². The maximum atomic E-state index is 8.36. The summed E-state index contributed by atoms with van der Waals surface area (Å²) in [4.78, 5) is 21.0. The quantitative estimate of drug-likeness (QED) is 0.320. The summed E-state index contributed by atoms with van der Waals surface area (Å²) < 4.78 is 7.37. The van der Waals surface area contributed by atoms with Crippen LogP contribution in [-0.2, 0) is 4.79 Å². The first-order valence-electron chi connectivity index (χ1n) is 10.4. The van der Waals surface area contributed by atoms with E-state index in [-0.39, 0.29) is 6.47 Å². The molecule has 1 fully saturated rings. The number of nitrogens with two attached hydrogens (primary N) is 1. The average molecular weight is 437 g/mol. The highest BCUT2D eigenvalue weighted by Crippen LogP contribution is 2.37. The van der Waals surface area contributed by atoms with Gasteiger partial charge in [0.25, 0.3) is 6.47 Å². The van der Waals surface area contributed by atoms with E-state index < -0.39 is 0 Å². The molecule has 0 atom stereocenters. The number of para-hydroxylation sites is 1. The van der Waals surface area contributed by atoms with Crippen molar-refractivity contribution in [1.82, 2.24) is 24.6 Å². The molecule has 1 aromatic carbocycles. The van der Waals surface area contributed by atoms with Crippen molar-refractivity contribution in [3.63, 3.8) is 0 Å². The molecule has 9 heteroatoms. The number of imidazole rings is 1. The second kappa shape index (κ2) is 10.4. The lowest BCUT2D eigenvalue weighted by Gasteiger charge is -2.19. The molecule has 1 saturated carbocycles. The molecule has 0 radical (unpaired) electrons. The number of nitrogens with zero attached hydrogens (tertiary/aromatic N) is 4. The zero-order chi connectivity index (χ0) is 23.1. The lowest BCUT2D eigenvalue weighted by atomic mass is 9.89. The van der Waals surface area contributed by atoms with Gasteiger partial charge < -0.3 is 20.6 Å². The van der Waals surface area contributed by atoms with Crippen molar-refractivity contribution in [1.29, 1.82) is 0 Å². The van der Waals surface area contributed by atoms with Gasteiger partial charge in [-0.05, 0) is 25.0 Å². The number of carbonyl (C=O) groups is 1. The molecule has 3 heterocycles. The number of fused-ring (bicyclic) bond motifs is 2. The molecule has 4 N–H and O–H groups in total. The molecule has 5 rings (SSSR count). The van der Waals surface area contributed by atoms with Crippen LogP contribution >= 0.6 is 0 Å². The Bertz CT molecular complexity index is 1190. The number of nitrogens with one attached hydrogen (secondary N) is 1. The van der Waals surface area contributed by atoms with Gasteiger partial charge in [-0.25, -0.2) is 14.5 Å². The van der Waals surface area contributed by atoms with Crippen molar-refractivity contribution in [2.45, 2.75) is 38.0 Å². The molecule has 0 bridgehead atoms. The third kappa shape index (κ3) is 4.27. The van der Waals surface area contributed by atoms with Crippen molar-refractivity contribution >= 4 is 28.7 Å². The largest absolute Gasteiger partial charge is 0.495 e. The monoisotopic (exact) mass is 436 g/mol. The number of aromatic nitrogens is 5. The molecule has 168 valence electrons. The highest BCUT2D eigenvalue weighted by Gasteiger charge is 2.25. The van der Waals surface area contributed by atoms with Gasteiger partial charge in [0, 0.05) is 11.3 Å². The van der Waals surface area contributed by atoms with E-state index in [1.165, 1.54) is 25.6 Å². The van der Waals surface area contributed by atoms with Gasteiger partial charge in [-0.1, -0.05) is 31.4 Å². The maximum Gasteiger partial charge on any atom is 0.290 e. The number of carboxylic acid groups (broad SMARTS) is 1. The van der Waals surface area contributed by atoms with E-state index in [0.29, 0.717) is 11.7 Å². The molecule has 9 nitrogen and oxygen atoms in total. The minimum atomic E-state index is -0.250. The number of methoxy groups -OCH3 is 1. The van der Waals surface area contributed by atoms with Gasteiger partial charge in [0.05, 0.1) is 18.3 Å². The predicted molar refractivity (Wildman–Crippen MR) is 125 cm³/mol. The van der Waals surface area contributed by atoms with Crippen LogP contribution in [0.4, 0.5) is 5.82 Å². The first-order valence-corrected chi connectivity index (χ1v) is 10.4. The first-order chi connectivity index (χ1) is 15.7. The summed E-state index contributed by atoms with van der Waals surface area (Å²) in [6.07, 6.45) is 7.56. The summed E-state index contributed by atoms with van der Waals surface area (Å²) in [5.41, 5.74) is 9.65. The molecular weight excluding hydrogens is 408 g/mol. The molecule has 0 amide bonds. The number of aromatic amines is 1. The zero-order valence-corrected chi connectivity index (χ0v) is 18.1. The van der Waals surface area contributed by atoms with Crippen LogP contribution in [0, 0.1) is 0 Å². The lowest BCUT2D eigenvalue weighted by Crippen LogP contribution is -2.10. The maximum absolute atomic E-state index is 8.36. The summed E-state index contributed by atoms with van der Waals surface area (Å²) in [5.74, 6) is 2.65. The second-order valence-electron chi connectivity index (χ2n) is 7.27. The first kappa shape index (κ1) is 22.8. The van der Waals surface area contributed by atoms with Crippen LogP contribution in [0.5, 0.6) is 5.75 Å². The minimum Gasteiger partial charge on any atom is -0.495 e. The van der Waals surface area contributed by atoms with Crippen LogP contribution in [0.3, 0.4) is 0 Å². The van der Waals surface area contributed by atoms with Crippen molar-refractivity contribution in [3.8, 4) is 17.1 Å². The van der Waals surface area contributed by atoms with Crippen LogP contribution in [0.2, 0.25) is 0 Å². The Kier molecular flexibility index (Phi) is 7.43. The van der Waals surface area contributed by atoms with Crippen molar-refractivity contribution in [2.75, 3.05) is 12.8 Å². The Morgan fingerprint density at radius 3 is 2.69 bits per heavy atom. The molecule has 0 aliphatic heterocycles. The SMILES string of the molecule is C=C.COc1cccc2cc(-c3nc(C4CCCCC4)n4ncnc(N)c34)[nH]c12.O=CO. The summed E-state index contributed by atoms with van der Waals surface area (Å²) in [7, 11) is 1.67. The molecule has 3 aromatic heterocycles. The predicted octanol–water partition coefficient (Wildman–Crippen LogP) is 4.41. The van der Waals surface area contributed by atoms with Gasteiger partial charge in [-0.15, -0.1) is 13.2 Å². The number of anilines is 1. The van der Waals surface area contributed by atoms with Gasteiger partial charge in [-0.2, -0.15) is 5.10 Å².